The Bertz CT molecular complexity index is 503. The van der Waals surface area contributed by atoms with Gasteiger partial charge in [0.15, 0.2) is 6.61 Å². The van der Waals surface area contributed by atoms with Crippen LogP contribution in [0.5, 0.6) is 5.75 Å². The van der Waals surface area contributed by atoms with Crippen molar-refractivity contribution in [2.24, 2.45) is 11.8 Å². The topological polar surface area (TPSA) is 41.6 Å². The fourth-order valence-electron chi connectivity index (χ4n) is 3.15. The van der Waals surface area contributed by atoms with Crippen LogP contribution < -0.4 is 10.1 Å². The Hall–Kier alpha value is -1.55. The molecule has 0 saturated carbocycles. The molecule has 0 aromatic heterocycles. The molecule has 108 valence electrons. The fraction of sp³-hybridized carbons (Fsp3) is 0.562. The van der Waals surface area contributed by atoms with E-state index in [-0.39, 0.29) is 12.5 Å². The van der Waals surface area contributed by atoms with E-state index in [1.165, 1.54) is 0 Å². The van der Waals surface area contributed by atoms with Gasteiger partial charge in [-0.1, -0.05) is 12.1 Å². The van der Waals surface area contributed by atoms with Crippen molar-refractivity contribution >= 4 is 5.91 Å². The molecule has 2 saturated heterocycles. The second kappa shape index (κ2) is 5.44. The second-order valence-electron chi connectivity index (χ2n) is 6.03. The largest absolute Gasteiger partial charge is 0.483 e. The van der Waals surface area contributed by atoms with Crippen molar-refractivity contribution < 1.29 is 9.53 Å². The van der Waals surface area contributed by atoms with Crippen LogP contribution in [0.3, 0.4) is 0 Å². The second-order valence-corrected chi connectivity index (χ2v) is 6.03. The van der Waals surface area contributed by atoms with E-state index in [1.54, 1.807) is 0 Å². The predicted octanol–water partition coefficient (Wildman–Crippen LogP) is 1.36. The van der Waals surface area contributed by atoms with Crippen LogP contribution in [-0.4, -0.2) is 43.6 Å². The summed E-state index contributed by atoms with van der Waals surface area (Å²) in [5.41, 5.74) is 2.23. The van der Waals surface area contributed by atoms with Gasteiger partial charge in [0.25, 0.3) is 5.91 Å². The van der Waals surface area contributed by atoms with E-state index < -0.39 is 0 Å². The van der Waals surface area contributed by atoms with Crippen molar-refractivity contribution in [1.29, 1.82) is 0 Å². The number of amides is 1. The number of rotatable bonds is 3. The van der Waals surface area contributed by atoms with Crippen molar-refractivity contribution in [2.75, 3.05) is 32.8 Å². The van der Waals surface area contributed by atoms with Gasteiger partial charge in [0, 0.05) is 26.2 Å². The molecular weight excluding hydrogens is 252 g/mol. The molecule has 0 aliphatic carbocycles. The standard InChI is InChI=1S/C16H22N2O2/c1-11-3-4-12(2)15(5-11)20-10-16(19)18-8-13-6-17-7-14(13)9-18/h3-5,13-14,17H,6-10H2,1-2H3/t13-,14+. The van der Waals surface area contributed by atoms with Crippen LogP contribution in [0.25, 0.3) is 0 Å². The van der Waals surface area contributed by atoms with Crippen LogP contribution in [0.2, 0.25) is 0 Å². The molecule has 2 aliphatic rings. The number of nitrogens with one attached hydrogen (secondary N) is 1. The predicted molar refractivity (Wildman–Crippen MR) is 77.8 cm³/mol. The summed E-state index contributed by atoms with van der Waals surface area (Å²) in [4.78, 5) is 14.2. The Morgan fingerprint density at radius 3 is 2.70 bits per heavy atom. The number of nitrogens with zero attached hydrogens (tertiary/aromatic N) is 1. The molecule has 1 amide bonds. The molecule has 2 fully saturated rings. The summed E-state index contributed by atoms with van der Waals surface area (Å²) in [5, 5.41) is 3.39. The van der Waals surface area contributed by atoms with Gasteiger partial charge in [0.2, 0.25) is 0 Å². The third-order valence-electron chi connectivity index (χ3n) is 4.44. The molecule has 20 heavy (non-hydrogen) atoms. The third-order valence-corrected chi connectivity index (χ3v) is 4.44. The zero-order chi connectivity index (χ0) is 14.1. The summed E-state index contributed by atoms with van der Waals surface area (Å²) in [7, 11) is 0. The lowest BCUT2D eigenvalue weighted by atomic mass is 10.0. The van der Waals surface area contributed by atoms with Gasteiger partial charge < -0.3 is 15.0 Å². The molecule has 2 atom stereocenters. The van der Waals surface area contributed by atoms with Crippen LogP contribution in [-0.2, 0) is 4.79 Å². The fourth-order valence-corrected chi connectivity index (χ4v) is 3.15. The Labute approximate surface area is 120 Å². The molecule has 0 spiro atoms. The van der Waals surface area contributed by atoms with Crippen molar-refractivity contribution in [3.63, 3.8) is 0 Å². The van der Waals surface area contributed by atoms with E-state index in [2.05, 4.69) is 11.4 Å². The van der Waals surface area contributed by atoms with Gasteiger partial charge in [-0.2, -0.15) is 0 Å². The molecule has 1 aromatic carbocycles. The molecule has 4 nitrogen and oxygen atoms in total. The first-order valence-electron chi connectivity index (χ1n) is 7.32. The molecule has 3 rings (SSSR count). The normalized spacial score (nSPS) is 24.8. The van der Waals surface area contributed by atoms with E-state index in [4.69, 9.17) is 4.74 Å². The summed E-state index contributed by atoms with van der Waals surface area (Å²) < 4.78 is 5.71. The SMILES string of the molecule is Cc1ccc(C)c(OCC(=O)N2C[C@H]3CNC[C@H]3C2)c1. The summed E-state index contributed by atoms with van der Waals surface area (Å²) in [5.74, 6) is 2.21. The molecule has 1 N–H and O–H groups in total. The number of likely N-dealkylation sites (tertiary alicyclic amines) is 1. The van der Waals surface area contributed by atoms with E-state index >= 15 is 0 Å². The highest BCUT2D eigenvalue weighted by atomic mass is 16.5. The monoisotopic (exact) mass is 274 g/mol. The molecule has 2 aliphatic heterocycles. The minimum Gasteiger partial charge on any atom is -0.483 e. The number of carbonyl (C=O) groups is 1. The Kier molecular flexibility index (Phi) is 3.66. The average molecular weight is 274 g/mol. The number of carbonyl (C=O) groups excluding carboxylic acids is 1. The van der Waals surface area contributed by atoms with Gasteiger partial charge in [0.1, 0.15) is 5.75 Å². The van der Waals surface area contributed by atoms with Crippen molar-refractivity contribution in [3.05, 3.63) is 29.3 Å². The first-order chi connectivity index (χ1) is 9.63. The average Bonchev–Trinajstić information content (AvgIpc) is 3.00. The summed E-state index contributed by atoms with van der Waals surface area (Å²) >= 11 is 0. The maximum atomic E-state index is 12.2. The van der Waals surface area contributed by atoms with Crippen molar-refractivity contribution in [2.45, 2.75) is 13.8 Å². The molecule has 0 radical (unpaired) electrons. The lowest BCUT2D eigenvalue weighted by molar-refractivity contribution is -0.132. The molecule has 4 heteroatoms. The number of ether oxygens (including phenoxy) is 1. The number of aryl methyl sites for hydroxylation is 2. The molecule has 0 unspecified atom stereocenters. The summed E-state index contributed by atoms with van der Waals surface area (Å²) in [6.45, 7) is 8.04. The van der Waals surface area contributed by atoms with Crippen molar-refractivity contribution in [3.8, 4) is 5.75 Å². The highest BCUT2D eigenvalue weighted by Crippen LogP contribution is 2.26. The lowest BCUT2D eigenvalue weighted by Gasteiger charge is -2.18. The van der Waals surface area contributed by atoms with Crippen molar-refractivity contribution in [1.82, 2.24) is 10.2 Å². The van der Waals surface area contributed by atoms with E-state index in [0.29, 0.717) is 11.8 Å². The quantitative estimate of drug-likeness (QED) is 0.905. The smallest absolute Gasteiger partial charge is 0.260 e. The molecule has 2 heterocycles. The zero-order valence-corrected chi connectivity index (χ0v) is 12.2. The van der Waals surface area contributed by atoms with Gasteiger partial charge >= 0.3 is 0 Å². The van der Waals surface area contributed by atoms with Crippen LogP contribution in [0.4, 0.5) is 0 Å². The van der Waals surface area contributed by atoms with Crippen LogP contribution in [0.15, 0.2) is 18.2 Å². The zero-order valence-electron chi connectivity index (χ0n) is 12.2. The summed E-state index contributed by atoms with van der Waals surface area (Å²) in [6, 6.07) is 6.07. The van der Waals surface area contributed by atoms with E-state index in [1.807, 2.05) is 30.9 Å². The Morgan fingerprint density at radius 1 is 1.30 bits per heavy atom. The van der Waals surface area contributed by atoms with Gasteiger partial charge in [-0.3, -0.25) is 4.79 Å². The van der Waals surface area contributed by atoms with Gasteiger partial charge in [0.05, 0.1) is 0 Å². The van der Waals surface area contributed by atoms with Gasteiger partial charge in [-0.15, -0.1) is 0 Å². The molecular formula is C16H22N2O2. The van der Waals surface area contributed by atoms with E-state index in [9.17, 15) is 4.79 Å². The Balaban J connectivity index is 1.56. The molecule has 0 bridgehead atoms. The Morgan fingerprint density at radius 2 is 2.00 bits per heavy atom. The minimum atomic E-state index is 0.111. The lowest BCUT2D eigenvalue weighted by Crippen LogP contribution is -2.35. The van der Waals surface area contributed by atoms with Crippen LogP contribution >= 0.6 is 0 Å². The van der Waals surface area contributed by atoms with Crippen LogP contribution in [0.1, 0.15) is 11.1 Å². The van der Waals surface area contributed by atoms with E-state index in [0.717, 1.165) is 43.1 Å². The van der Waals surface area contributed by atoms with Gasteiger partial charge in [-0.05, 0) is 42.9 Å². The number of fused-ring (bicyclic) bond motifs is 1. The van der Waals surface area contributed by atoms with Gasteiger partial charge in [-0.25, -0.2) is 0 Å². The highest BCUT2D eigenvalue weighted by Gasteiger charge is 2.37. The number of hydrogen-bond acceptors (Lipinski definition) is 3. The maximum absolute atomic E-state index is 12.2. The minimum absolute atomic E-state index is 0.111. The molecule has 1 aromatic rings. The van der Waals surface area contributed by atoms with Crippen LogP contribution in [0, 0.1) is 25.7 Å². The maximum Gasteiger partial charge on any atom is 0.260 e. The number of benzene rings is 1. The summed E-state index contributed by atoms with van der Waals surface area (Å²) in [6.07, 6.45) is 0. The first-order valence-corrected chi connectivity index (χ1v) is 7.32. The number of hydrogen-bond donors (Lipinski definition) is 1. The third kappa shape index (κ3) is 2.66. The first kappa shape index (κ1) is 13.4. The highest BCUT2D eigenvalue weighted by molar-refractivity contribution is 5.78.